The minimum absolute atomic E-state index is 0.142. The average molecular weight is 550 g/mol. The van der Waals surface area contributed by atoms with Crippen molar-refractivity contribution < 1.29 is 37.9 Å². The lowest BCUT2D eigenvalue weighted by atomic mass is 9.94. The number of carbonyl (C=O) groups is 1. The second-order valence-electron chi connectivity index (χ2n) is 8.63. The number of aliphatic hydroxyl groups is 1. The lowest BCUT2D eigenvalue weighted by Crippen LogP contribution is -2.36. The highest BCUT2D eigenvalue weighted by Gasteiger charge is 2.55. The fourth-order valence-corrected chi connectivity index (χ4v) is 4.58. The first-order chi connectivity index (χ1) is 18.1. The third kappa shape index (κ3) is 5.69. The summed E-state index contributed by atoms with van der Waals surface area (Å²) in [4.78, 5) is 31.1. The van der Waals surface area contributed by atoms with E-state index in [9.17, 15) is 14.8 Å². The Kier molecular flexibility index (Phi) is 8.38. The molecule has 13 nitrogen and oxygen atoms in total. The van der Waals surface area contributed by atoms with E-state index < -0.39 is 44.2 Å². The fourth-order valence-electron chi connectivity index (χ4n) is 3.97. The van der Waals surface area contributed by atoms with Gasteiger partial charge in [-0.3, -0.25) is 9.32 Å². The van der Waals surface area contributed by atoms with E-state index in [0.29, 0.717) is 17.0 Å². The van der Waals surface area contributed by atoms with E-state index in [2.05, 4.69) is 20.4 Å². The second-order valence-corrected chi connectivity index (χ2v) is 9.49. The summed E-state index contributed by atoms with van der Waals surface area (Å²) < 4.78 is 38.4. The molecule has 4 N–H and O–H groups in total. The Morgan fingerprint density at radius 1 is 1.37 bits per heavy atom. The fraction of sp³-hybridized carbons (Fsp3) is 0.435. The van der Waals surface area contributed by atoms with Gasteiger partial charge in [-0.1, -0.05) is 0 Å². The summed E-state index contributed by atoms with van der Waals surface area (Å²) in [6.07, 6.45) is -2.94. The van der Waals surface area contributed by atoms with Gasteiger partial charge in [0, 0.05) is 4.85 Å². The van der Waals surface area contributed by atoms with Crippen LogP contribution in [0.3, 0.4) is 0 Å². The largest absolute Gasteiger partial charge is 0.574 e. The van der Waals surface area contributed by atoms with Crippen molar-refractivity contribution in [3.8, 4) is 11.5 Å². The minimum atomic E-state index is -2.50. The second kappa shape index (κ2) is 11.5. The van der Waals surface area contributed by atoms with Crippen molar-refractivity contribution in [1.29, 1.82) is 0 Å². The maximum Gasteiger partial charge on any atom is 0.412 e. The van der Waals surface area contributed by atoms with Gasteiger partial charge in [-0.25, -0.2) is 13.9 Å². The summed E-state index contributed by atoms with van der Waals surface area (Å²) in [6, 6.07) is 8.59. The maximum absolute atomic E-state index is 15.3. The molecule has 38 heavy (non-hydrogen) atoms. The van der Waals surface area contributed by atoms with Gasteiger partial charge in [0.15, 0.2) is 17.7 Å². The van der Waals surface area contributed by atoms with Crippen LogP contribution in [0.1, 0.15) is 26.5 Å². The summed E-state index contributed by atoms with van der Waals surface area (Å²) in [6.45, 7) is 4.80. The Hall–Kier alpha value is -3.42. The van der Waals surface area contributed by atoms with E-state index >= 15 is 4.39 Å². The molecule has 3 heterocycles. The predicted octanol–water partition coefficient (Wildman–Crippen LogP) is 1.39. The lowest BCUT2D eigenvalue weighted by molar-refractivity contribution is -0.169. The van der Waals surface area contributed by atoms with Crippen molar-refractivity contribution in [3.05, 3.63) is 48.4 Å². The number of nitrogens with two attached hydrogens (primary N) is 1. The SMILES string of the molecule is CCOC(=O)[C@H](C)N/N=[P+](\[O-])Oc1ccc(OC[C@H]2O[C@@](C)(c3ccc4c(N)ncnn34)[C@H](F)[C@@H]2O)cc1. The molecule has 4 rings (SSSR count). The van der Waals surface area contributed by atoms with Crippen LogP contribution in [0, 0.1) is 0 Å². The van der Waals surface area contributed by atoms with Gasteiger partial charge in [0.05, 0.1) is 12.3 Å². The van der Waals surface area contributed by atoms with Gasteiger partial charge in [-0.05, 0) is 57.2 Å². The van der Waals surface area contributed by atoms with Gasteiger partial charge in [-0.2, -0.15) is 10.5 Å². The molecule has 0 saturated carbocycles. The summed E-state index contributed by atoms with van der Waals surface area (Å²) in [7, 11) is -2.50. The van der Waals surface area contributed by atoms with Crippen LogP contribution in [0.2, 0.25) is 0 Å². The molecule has 1 aromatic carbocycles. The van der Waals surface area contributed by atoms with Crippen molar-refractivity contribution in [1.82, 2.24) is 20.0 Å². The standard InChI is InChI=1S/C23H28FN6O7P/c1-4-34-22(32)13(2)28-29-38(33)37-15-7-5-14(6-8-15)35-11-17-19(31)20(24)23(3,36-17)18-10-9-16-21(25)26-12-27-30(16)18/h5-10,12-13,17,19-20,28,31H,4,11H2,1-3H3,(H2,25,26,27)/t13-,17+,19+,20+,23-/m0/s1. The number of hydrogen-bond acceptors (Lipinski definition) is 11. The lowest BCUT2D eigenvalue weighted by Gasteiger charge is -2.26. The first-order valence-corrected chi connectivity index (χ1v) is 12.9. The van der Waals surface area contributed by atoms with Crippen LogP contribution in [0.25, 0.3) is 5.52 Å². The van der Waals surface area contributed by atoms with E-state index in [4.69, 9.17) is 24.5 Å². The highest BCUT2D eigenvalue weighted by molar-refractivity contribution is 7.33. The number of ether oxygens (including phenoxy) is 3. The zero-order chi connectivity index (χ0) is 27.4. The van der Waals surface area contributed by atoms with E-state index in [-0.39, 0.29) is 24.8 Å². The molecule has 1 aliphatic heterocycles. The zero-order valence-corrected chi connectivity index (χ0v) is 21.7. The molecule has 1 unspecified atom stereocenters. The van der Waals surface area contributed by atoms with Gasteiger partial charge < -0.3 is 29.9 Å². The first-order valence-electron chi connectivity index (χ1n) is 11.7. The van der Waals surface area contributed by atoms with Gasteiger partial charge in [0.2, 0.25) is 0 Å². The normalized spacial score (nSPS) is 24.4. The van der Waals surface area contributed by atoms with Crippen molar-refractivity contribution in [2.75, 3.05) is 18.9 Å². The number of aromatic nitrogens is 3. The topological polar surface area (TPSA) is 178 Å². The molecule has 0 radical (unpaired) electrons. The molecule has 1 aliphatic rings. The van der Waals surface area contributed by atoms with E-state index in [1.165, 1.54) is 36.8 Å². The van der Waals surface area contributed by atoms with Crippen molar-refractivity contribution in [3.63, 3.8) is 0 Å². The number of nitrogen functional groups attached to an aromatic ring is 1. The van der Waals surface area contributed by atoms with Gasteiger partial charge in [-0.15, -0.1) is 0 Å². The van der Waals surface area contributed by atoms with Crippen molar-refractivity contribution in [2.45, 2.75) is 50.8 Å². The highest BCUT2D eigenvalue weighted by atomic mass is 31.1. The first kappa shape index (κ1) is 27.6. The maximum atomic E-state index is 15.3. The number of aliphatic hydroxyl groups excluding tert-OH is 1. The Balaban J connectivity index is 1.35. The minimum Gasteiger partial charge on any atom is -0.574 e. The number of benzene rings is 1. The Bertz CT molecular complexity index is 1310. The third-order valence-corrected chi connectivity index (χ3v) is 6.63. The highest BCUT2D eigenvalue weighted by Crippen LogP contribution is 2.42. The Morgan fingerprint density at radius 2 is 2.08 bits per heavy atom. The number of nitrogens with one attached hydrogen (secondary N) is 1. The van der Waals surface area contributed by atoms with Crippen LogP contribution in [0.15, 0.2) is 47.6 Å². The predicted molar refractivity (Wildman–Crippen MR) is 132 cm³/mol. The molecule has 6 atom stereocenters. The number of esters is 1. The van der Waals surface area contributed by atoms with Crippen molar-refractivity contribution >= 4 is 25.5 Å². The number of anilines is 1. The smallest absolute Gasteiger partial charge is 0.412 e. The van der Waals surface area contributed by atoms with Crippen LogP contribution in [-0.4, -0.2) is 63.3 Å². The van der Waals surface area contributed by atoms with Crippen molar-refractivity contribution in [2.24, 2.45) is 4.85 Å². The van der Waals surface area contributed by atoms with Crippen LogP contribution < -0.4 is 25.3 Å². The molecule has 0 bridgehead atoms. The molecule has 0 amide bonds. The Labute approximate surface area is 218 Å². The number of alkyl halides is 1. The van der Waals surface area contributed by atoms with Crippen LogP contribution in [0.4, 0.5) is 10.2 Å². The molecule has 2 aromatic heterocycles. The van der Waals surface area contributed by atoms with Gasteiger partial charge in [0.1, 0.15) is 48.1 Å². The number of fused-ring (bicyclic) bond motifs is 1. The molecule has 3 aromatic rings. The van der Waals surface area contributed by atoms with Crippen LogP contribution in [0.5, 0.6) is 11.5 Å². The molecule has 1 saturated heterocycles. The average Bonchev–Trinajstić information content (AvgIpc) is 3.44. The molecule has 1 fully saturated rings. The number of rotatable bonds is 10. The third-order valence-electron chi connectivity index (χ3n) is 5.99. The molecular formula is C23H28FN6O7P. The summed E-state index contributed by atoms with van der Waals surface area (Å²) >= 11 is 0. The van der Waals surface area contributed by atoms with E-state index in [1.54, 1.807) is 31.2 Å². The molecule has 0 aliphatic carbocycles. The van der Waals surface area contributed by atoms with Gasteiger partial charge >= 0.3 is 14.1 Å². The molecule has 15 heteroatoms. The molecule has 204 valence electrons. The summed E-state index contributed by atoms with van der Waals surface area (Å²) in [5, 5.41) is 14.7. The Morgan fingerprint density at radius 3 is 2.79 bits per heavy atom. The van der Waals surface area contributed by atoms with Crippen LogP contribution >= 0.6 is 8.17 Å². The van der Waals surface area contributed by atoms with Gasteiger partial charge in [0.25, 0.3) is 0 Å². The quantitative estimate of drug-likeness (QED) is 0.189. The number of carbonyl (C=O) groups excluding carboxylic acids is 1. The number of halogens is 1. The number of hydrogen-bond donors (Lipinski definition) is 3. The monoisotopic (exact) mass is 550 g/mol. The van der Waals surface area contributed by atoms with E-state index in [1.807, 2.05) is 0 Å². The molecular weight excluding hydrogens is 522 g/mol. The summed E-state index contributed by atoms with van der Waals surface area (Å²) in [5.41, 5.74) is 7.66. The summed E-state index contributed by atoms with van der Waals surface area (Å²) in [5.74, 6) is 0.323. The van der Waals surface area contributed by atoms with E-state index in [0.717, 1.165) is 0 Å². The zero-order valence-electron chi connectivity index (χ0n) is 20.9. The van der Waals surface area contributed by atoms with Crippen LogP contribution in [-0.2, 0) is 19.9 Å². The number of nitrogens with zero attached hydrogens (tertiary/aromatic N) is 4. The molecule has 0 spiro atoms.